The molecule has 4 nitrogen and oxygen atoms in total. The van der Waals surface area contributed by atoms with E-state index in [0.29, 0.717) is 29.5 Å². The summed E-state index contributed by atoms with van der Waals surface area (Å²) >= 11 is 12.0. The maximum atomic E-state index is 11.0. The van der Waals surface area contributed by atoms with Crippen LogP contribution in [0.5, 0.6) is 0 Å². The summed E-state index contributed by atoms with van der Waals surface area (Å²) < 4.78 is 0. The van der Waals surface area contributed by atoms with Gasteiger partial charge in [-0.05, 0) is 18.6 Å². The van der Waals surface area contributed by atoms with E-state index in [-0.39, 0.29) is 10.7 Å². The summed E-state index contributed by atoms with van der Waals surface area (Å²) in [6, 6.07) is 7.44. The van der Waals surface area contributed by atoms with Crippen molar-refractivity contribution >= 4 is 35.3 Å². The molecule has 1 N–H and O–H groups in total. The number of carbonyl (C=O) groups excluding carboxylic acids is 1. The summed E-state index contributed by atoms with van der Waals surface area (Å²) in [7, 11) is 0. The van der Waals surface area contributed by atoms with Gasteiger partial charge < -0.3 is 5.32 Å². The molecule has 2 aromatic rings. The molecule has 98 valence electrons. The molecule has 0 aliphatic heterocycles. The summed E-state index contributed by atoms with van der Waals surface area (Å²) in [6.07, 6.45) is 0.636. The Morgan fingerprint density at radius 1 is 1.26 bits per heavy atom. The number of hydrogen-bond acceptors (Lipinski definition) is 4. The number of benzene rings is 1. The van der Waals surface area contributed by atoms with Crippen LogP contribution < -0.4 is 5.32 Å². The average Bonchev–Trinajstić information content (AvgIpc) is 2.37. The zero-order valence-electron chi connectivity index (χ0n) is 10.2. The van der Waals surface area contributed by atoms with Gasteiger partial charge in [-0.15, -0.1) is 0 Å². The summed E-state index contributed by atoms with van der Waals surface area (Å²) in [6.45, 7) is 2.16. The van der Waals surface area contributed by atoms with Crippen molar-refractivity contribution in [2.24, 2.45) is 0 Å². The molecule has 0 saturated carbocycles. The Kier molecular flexibility index (Phi) is 4.35. The third-order valence-corrected chi connectivity index (χ3v) is 3.19. The van der Waals surface area contributed by atoms with Crippen molar-refractivity contribution in [3.8, 4) is 0 Å². The van der Waals surface area contributed by atoms with Crippen LogP contribution >= 0.6 is 23.2 Å². The van der Waals surface area contributed by atoms with Gasteiger partial charge in [0.1, 0.15) is 16.8 Å². The van der Waals surface area contributed by atoms with E-state index in [1.165, 1.54) is 0 Å². The van der Waals surface area contributed by atoms with Crippen LogP contribution in [0.3, 0.4) is 0 Å². The molecule has 6 heteroatoms. The molecule has 19 heavy (non-hydrogen) atoms. The lowest BCUT2D eigenvalue weighted by Crippen LogP contribution is -2.07. The molecule has 0 fully saturated rings. The van der Waals surface area contributed by atoms with Gasteiger partial charge in [0.2, 0.25) is 0 Å². The zero-order chi connectivity index (χ0) is 13.8. The third-order valence-electron chi connectivity index (χ3n) is 2.53. The predicted molar refractivity (Wildman–Crippen MR) is 75.9 cm³/mol. The second-order valence-corrected chi connectivity index (χ2v) is 4.65. The first-order chi connectivity index (χ1) is 9.11. The molecule has 0 atom stereocenters. The highest BCUT2D eigenvalue weighted by molar-refractivity contribution is 6.32. The molecular weight excluding hydrogens is 285 g/mol. The van der Waals surface area contributed by atoms with Crippen LogP contribution in [0.1, 0.15) is 21.7 Å². The van der Waals surface area contributed by atoms with Crippen molar-refractivity contribution in [3.05, 3.63) is 51.4 Å². The Morgan fingerprint density at radius 3 is 2.68 bits per heavy atom. The smallest absolute Gasteiger partial charge is 0.156 e. The van der Waals surface area contributed by atoms with E-state index in [2.05, 4.69) is 15.3 Å². The lowest BCUT2D eigenvalue weighted by molar-refractivity contribution is 0.112. The Bertz CT molecular complexity index is 617. The van der Waals surface area contributed by atoms with Crippen LogP contribution in [-0.4, -0.2) is 16.3 Å². The van der Waals surface area contributed by atoms with E-state index in [1.54, 1.807) is 13.0 Å². The normalized spacial score (nSPS) is 10.3. The van der Waals surface area contributed by atoms with Crippen molar-refractivity contribution in [1.29, 1.82) is 0 Å². The fourth-order valence-electron chi connectivity index (χ4n) is 1.61. The van der Waals surface area contributed by atoms with Crippen molar-refractivity contribution in [2.75, 3.05) is 5.32 Å². The van der Waals surface area contributed by atoms with Crippen LogP contribution in [0.4, 0.5) is 5.82 Å². The molecule has 0 unspecified atom stereocenters. The maximum Gasteiger partial charge on any atom is 0.156 e. The van der Waals surface area contributed by atoms with E-state index in [1.807, 2.05) is 18.2 Å². The lowest BCUT2D eigenvalue weighted by atomic mass is 10.2. The number of halogens is 2. The maximum absolute atomic E-state index is 11.0. The topological polar surface area (TPSA) is 54.9 Å². The van der Waals surface area contributed by atoms with Crippen molar-refractivity contribution in [3.63, 3.8) is 0 Å². The first-order valence-corrected chi connectivity index (χ1v) is 6.34. The van der Waals surface area contributed by atoms with Gasteiger partial charge in [0.05, 0.1) is 5.56 Å². The zero-order valence-corrected chi connectivity index (χ0v) is 11.7. The van der Waals surface area contributed by atoms with Crippen molar-refractivity contribution in [2.45, 2.75) is 13.5 Å². The van der Waals surface area contributed by atoms with Gasteiger partial charge in [0, 0.05) is 11.6 Å². The molecule has 1 aromatic carbocycles. The van der Waals surface area contributed by atoms with E-state index >= 15 is 0 Å². The third kappa shape index (κ3) is 3.22. The van der Waals surface area contributed by atoms with Gasteiger partial charge in [0.15, 0.2) is 6.29 Å². The Balaban J connectivity index is 2.25. The number of rotatable bonds is 4. The van der Waals surface area contributed by atoms with E-state index in [4.69, 9.17) is 23.2 Å². The Hall–Kier alpha value is -1.65. The Labute approximate surface area is 120 Å². The van der Waals surface area contributed by atoms with Gasteiger partial charge in [-0.2, -0.15) is 0 Å². The van der Waals surface area contributed by atoms with Gasteiger partial charge in [0.25, 0.3) is 0 Å². The molecule has 0 amide bonds. The molecule has 0 bridgehead atoms. The fraction of sp³-hybridized carbons (Fsp3) is 0.154. The average molecular weight is 296 g/mol. The quantitative estimate of drug-likeness (QED) is 0.693. The van der Waals surface area contributed by atoms with Crippen LogP contribution in [0.2, 0.25) is 10.2 Å². The monoisotopic (exact) mass is 295 g/mol. The number of anilines is 1. The van der Waals surface area contributed by atoms with Crippen LogP contribution in [-0.2, 0) is 6.54 Å². The van der Waals surface area contributed by atoms with E-state index in [0.717, 1.165) is 5.56 Å². The molecule has 0 aliphatic rings. The fourth-order valence-corrected chi connectivity index (χ4v) is 2.07. The number of aryl methyl sites for hydroxylation is 1. The number of nitrogens with one attached hydrogen (secondary N) is 1. The number of aromatic nitrogens is 2. The molecule has 0 saturated heterocycles. The molecular formula is C13H11Cl2N3O. The highest BCUT2D eigenvalue weighted by Crippen LogP contribution is 2.21. The summed E-state index contributed by atoms with van der Waals surface area (Å²) in [5.74, 6) is 0.907. The SMILES string of the molecule is Cc1nc(Cl)c(C=O)c(NCc2ccccc2Cl)n1. The van der Waals surface area contributed by atoms with Gasteiger partial charge in [-0.3, -0.25) is 4.79 Å². The van der Waals surface area contributed by atoms with Gasteiger partial charge >= 0.3 is 0 Å². The first kappa shape index (κ1) is 13.8. The van der Waals surface area contributed by atoms with Crippen LogP contribution in [0.25, 0.3) is 0 Å². The van der Waals surface area contributed by atoms with Crippen LogP contribution in [0.15, 0.2) is 24.3 Å². The largest absolute Gasteiger partial charge is 0.365 e. The van der Waals surface area contributed by atoms with Gasteiger partial charge in [-0.25, -0.2) is 9.97 Å². The number of hydrogen-bond donors (Lipinski definition) is 1. The highest BCUT2D eigenvalue weighted by atomic mass is 35.5. The van der Waals surface area contributed by atoms with Gasteiger partial charge in [-0.1, -0.05) is 41.4 Å². The minimum atomic E-state index is 0.143. The second-order valence-electron chi connectivity index (χ2n) is 3.89. The summed E-state index contributed by atoms with van der Waals surface area (Å²) in [5, 5.41) is 3.85. The molecule has 1 aromatic heterocycles. The number of nitrogens with zero attached hydrogens (tertiary/aromatic N) is 2. The standard InChI is InChI=1S/C13H11Cl2N3O/c1-8-17-12(15)10(7-19)13(18-8)16-6-9-4-2-3-5-11(9)14/h2-5,7H,6H2,1H3,(H,16,17,18). The van der Waals surface area contributed by atoms with Crippen molar-refractivity contribution < 1.29 is 4.79 Å². The highest BCUT2D eigenvalue weighted by Gasteiger charge is 2.11. The predicted octanol–water partition coefficient (Wildman–Crippen LogP) is 3.52. The number of aldehydes is 1. The molecule has 0 aliphatic carbocycles. The van der Waals surface area contributed by atoms with E-state index < -0.39 is 0 Å². The minimum absolute atomic E-state index is 0.143. The summed E-state index contributed by atoms with van der Waals surface area (Å²) in [4.78, 5) is 19.1. The Morgan fingerprint density at radius 2 is 2.00 bits per heavy atom. The summed E-state index contributed by atoms with van der Waals surface area (Å²) in [5.41, 5.74) is 1.16. The van der Waals surface area contributed by atoms with Crippen LogP contribution in [0, 0.1) is 6.92 Å². The number of carbonyl (C=O) groups is 1. The molecule has 0 radical (unpaired) electrons. The van der Waals surface area contributed by atoms with Crippen molar-refractivity contribution in [1.82, 2.24) is 9.97 Å². The molecule has 2 rings (SSSR count). The second kappa shape index (κ2) is 5.99. The lowest BCUT2D eigenvalue weighted by Gasteiger charge is -2.10. The molecule has 1 heterocycles. The molecule has 0 spiro atoms. The first-order valence-electron chi connectivity index (χ1n) is 5.58. The minimum Gasteiger partial charge on any atom is -0.365 e. The van der Waals surface area contributed by atoms with E-state index in [9.17, 15) is 4.79 Å².